The van der Waals surface area contributed by atoms with Crippen LogP contribution in [0.3, 0.4) is 0 Å². The maximum atomic E-state index is 4.62. The van der Waals surface area contributed by atoms with Gasteiger partial charge in [0.2, 0.25) is 0 Å². The lowest BCUT2D eigenvalue weighted by molar-refractivity contribution is 0.660. The summed E-state index contributed by atoms with van der Waals surface area (Å²) in [7, 11) is 0. The molecule has 3 aromatic heterocycles. The van der Waals surface area contributed by atoms with Gasteiger partial charge in [-0.1, -0.05) is 44.7 Å². The zero-order valence-electron chi connectivity index (χ0n) is 24.8. The smallest absolute Gasteiger partial charge is 0.0723 e. The van der Waals surface area contributed by atoms with E-state index in [1.54, 1.807) is 0 Å². The summed E-state index contributed by atoms with van der Waals surface area (Å²) in [6.07, 6.45) is 9.43. The lowest BCUT2D eigenvalue weighted by atomic mass is 9.81. The summed E-state index contributed by atoms with van der Waals surface area (Å²) < 4.78 is 0. The Morgan fingerprint density at radius 1 is 0.714 bits per heavy atom. The number of hydrogen-bond acceptors (Lipinski definition) is 4. The van der Waals surface area contributed by atoms with E-state index < -0.39 is 0 Å². The Hall–Kier alpha value is -4.96. The van der Waals surface area contributed by atoms with Crippen molar-refractivity contribution in [2.24, 2.45) is 4.99 Å². The zero-order chi connectivity index (χ0) is 29.4. The van der Waals surface area contributed by atoms with E-state index in [9.17, 15) is 0 Å². The molecule has 4 heteroatoms. The van der Waals surface area contributed by atoms with Crippen LogP contribution in [-0.4, -0.2) is 20.7 Å². The first-order valence-corrected chi connectivity index (χ1v) is 14.2. The van der Waals surface area contributed by atoms with Gasteiger partial charge < -0.3 is 0 Å². The van der Waals surface area contributed by atoms with Crippen LogP contribution in [0, 0.1) is 13.8 Å². The SMILES string of the molecule is C=C(/C=C\N=C(C)c1ccc(C)nc1)c1ccc2c(c1)C(C)(C)c1cc(-c3ccnc(-c4ccc(C)nc4)c3)ccc1-2. The van der Waals surface area contributed by atoms with E-state index in [0.29, 0.717) is 0 Å². The van der Waals surface area contributed by atoms with Crippen molar-refractivity contribution >= 4 is 11.3 Å². The molecule has 0 fully saturated rings. The highest BCUT2D eigenvalue weighted by atomic mass is 14.7. The summed E-state index contributed by atoms with van der Waals surface area (Å²) in [5.74, 6) is 0. The van der Waals surface area contributed by atoms with E-state index >= 15 is 0 Å². The van der Waals surface area contributed by atoms with Crippen molar-refractivity contribution in [1.29, 1.82) is 0 Å². The third-order valence-electron chi connectivity index (χ3n) is 8.22. The van der Waals surface area contributed by atoms with Crippen molar-refractivity contribution in [2.45, 2.75) is 40.0 Å². The average molecular weight is 547 g/mol. The second-order valence-electron chi connectivity index (χ2n) is 11.5. The number of allylic oxidation sites excluding steroid dienone is 2. The molecule has 0 aliphatic heterocycles. The van der Waals surface area contributed by atoms with Crippen LogP contribution in [-0.2, 0) is 5.41 Å². The predicted molar refractivity (Wildman–Crippen MR) is 175 cm³/mol. The summed E-state index contributed by atoms with van der Waals surface area (Å²) in [5.41, 5.74) is 15.3. The monoisotopic (exact) mass is 546 g/mol. The summed E-state index contributed by atoms with van der Waals surface area (Å²) in [6.45, 7) is 14.9. The van der Waals surface area contributed by atoms with Crippen LogP contribution in [0.15, 0.2) is 115 Å². The Morgan fingerprint density at radius 2 is 1.36 bits per heavy atom. The number of pyridine rings is 3. The number of rotatable bonds is 6. The third-order valence-corrected chi connectivity index (χ3v) is 8.22. The fourth-order valence-electron chi connectivity index (χ4n) is 5.60. The summed E-state index contributed by atoms with van der Waals surface area (Å²) in [6, 6.07) is 25.9. The molecular weight excluding hydrogens is 512 g/mol. The van der Waals surface area contributed by atoms with Crippen molar-refractivity contribution in [2.75, 3.05) is 0 Å². The van der Waals surface area contributed by atoms with Gasteiger partial charge in [-0.25, -0.2) is 0 Å². The quantitative estimate of drug-likeness (QED) is 0.158. The van der Waals surface area contributed by atoms with Gasteiger partial charge in [0.15, 0.2) is 0 Å². The van der Waals surface area contributed by atoms with E-state index in [-0.39, 0.29) is 5.41 Å². The van der Waals surface area contributed by atoms with E-state index in [4.69, 9.17) is 0 Å². The zero-order valence-corrected chi connectivity index (χ0v) is 24.8. The number of fused-ring (bicyclic) bond motifs is 3. The van der Waals surface area contributed by atoms with E-state index in [1.165, 1.54) is 27.8 Å². The first kappa shape index (κ1) is 27.2. The summed E-state index contributed by atoms with van der Waals surface area (Å²) in [4.78, 5) is 18.0. The van der Waals surface area contributed by atoms with Crippen LogP contribution >= 0.6 is 0 Å². The Balaban J connectivity index is 1.26. The van der Waals surface area contributed by atoms with Crippen LogP contribution in [0.25, 0.3) is 39.1 Å². The van der Waals surface area contributed by atoms with E-state index in [1.807, 2.05) is 69.8 Å². The highest BCUT2D eigenvalue weighted by molar-refractivity contribution is 5.99. The van der Waals surface area contributed by atoms with Gasteiger partial charge in [-0.2, -0.15) is 0 Å². The number of aliphatic imine (C=N–C) groups is 1. The number of benzene rings is 2. The molecule has 42 heavy (non-hydrogen) atoms. The maximum absolute atomic E-state index is 4.62. The molecule has 2 aromatic carbocycles. The van der Waals surface area contributed by atoms with Gasteiger partial charge in [0.25, 0.3) is 0 Å². The van der Waals surface area contributed by atoms with Crippen LogP contribution in [0.5, 0.6) is 0 Å². The van der Waals surface area contributed by atoms with Gasteiger partial charge >= 0.3 is 0 Å². The number of nitrogens with zero attached hydrogens (tertiary/aromatic N) is 4. The minimum atomic E-state index is -0.148. The number of aryl methyl sites for hydroxylation is 2. The van der Waals surface area contributed by atoms with E-state index in [0.717, 1.165) is 50.6 Å². The second-order valence-corrected chi connectivity index (χ2v) is 11.5. The molecular formula is C38H34N4. The third kappa shape index (κ3) is 5.12. The average Bonchev–Trinajstić information content (AvgIpc) is 3.23. The Bertz CT molecular complexity index is 1870. The first-order valence-electron chi connectivity index (χ1n) is 14.2. The summed E-state index contributed by atoms with van der Waals surface area (Å²) >= 11 is 0. The van der Waals surface area contributed by atoms with Gasteiger partial charge in [0.05, 0.1) is 5.69 Å². The van der Waals surface area contributed by atoms with Crippen molar-refractivity contribution in [3.8, 4) is 33.5 Å². The largest absolute Gasteiger partial charge is 0.261 e. The molecule has 0 atom stereocenters. The molecule has 0 radical (unpaired) electrons. The number of aromatic nitrogens is 3. The lowest BCUT2D eigenvalue weighted by Crippen LogP contribution is -2.15. The van der Waals surface area contributed by atoms with Crippen molar-refractivity contribution in [3.63, 3.8) is 0 Å². The molecule has 5 aromatic rings. The van der Waals surface area contributed by atoms with Gasteiger partial charge in [-0.05, 0) is 120 Å². The molecule has 0 saturated carbocycles. The molecule has 0 unspecified atom stereocenters. The molecule has 1 aliphatic carbocycles. The molecule has 0 saturated heterocycles. The molecule has 0 N–H and O–H groups in total. The fourth-order valence-corrected chi connectivity index (χ4v) is 5.60. The van der Waals surface area contributed by atoms with Gasteiger partial charge in [0, 0.05) is 58.4 Å². The predicted octanol–water partition coefficient (Wildman–Crippen LogP) is 9.16. The second kappa shape index (κ2) is 10.8. The van der Waals surface area contributed by atoms with Crippen molar-refractivity contribution in [1.82, 2.24) is 15.0 Å². The molecule has 6 rings (SSSR count). The van der Waals surface area contributed by atoms with Crippen LogP contribution in [0.4, 0.5) is 0 Å². The Labute approximate surface area is 248 Å². The minimum absolute atomic E-state index is 0.148. The van der Waals surface area contributed by atoms with Gasteiger partial charge in [-0.15, -0.1) is 0 Å². The molecule has 0 spiro atoms. The minimum Gasteiger partial charge on any atom is -0.261 e. The lowest BCUT2D eigenvalue weighted by Gasteiger charge is -2.22. The fraction of sp³-hybridized carbons (Fsp3) is 0.158. The number of hydrogen-bond donors (Lipinski definition) is 0. The van der Waals surface area contributed by atoms with Crippen LogP contribution in [0.2, 0.25) is 0 Å². The molecule has 206 valence electrons. The van der Waals surface area contributed by atoms with E-state index in [2.05, 4.69) is 95.0 Å². The van der Waals surface area contributed by atoms with Crippen LogP contribution in [0.1, 0.15) is 54.4 Å². The molecule has 0 bridgehead atoms. The standard InChI is InChI=1S/C38H34N4/c1-24(15-17-39-27(4)31-9-7-25(2)41-22-31)28-11-13-33-34-14-12-29(20-36(34)38(5,6)35(33)19-28)30-16-18-40-37(21-30)32-10-8-26(3)42-23-32/h7-23H,1H2,2-6H3/b17-15-,39-27?. The van der Waals surface area contributed by atoms with Crippen molar-refractivity contribution < 1.29 is 0 Å². The highest BCUT2D eigenvalue weighted by Crippen LogP contribution is 2.50. The molecule has 1 aliphatic rings. The Kier molecular flexibility index (Phi) is 6.99. The first-order chi connectivity index (χ1) is 20.2. The molecule has 3 heterocycles. The normalized spacial score (nSPS) is 13.7. The topological polar surface area (TPSA) is 51.0 Å². The summed E-state index contributed by atoms with van der Waals surface area (Å²) in [5, 5.41) is 0. The molecule has 0 amide bonds. The van der Waals surface area contributed by atoms with Crippen molar-refractivity contribution in [3.05, 3.63) is 144 Å². The molecule has 4 nitrogen and oxygen atoms in total. The Morgan fingerprint density at radius 3 is 2.07 bits per heavy atom. The highest BCUT2D eigenvalue weighted by Gasteiger charge is 2.35. The maximum Gasteiger partial charge on any atom is 0.0723 e. The van der Waals surface area contributed by atoms with Gasteiger partial charge in [-0.3, -0.25) is 19.9 Å². The van der Waals surface area contributed by atoms with Crippen LogP contribution < -0.4 is 0 Å². The van der Waals surface area contributed by atoms with Gasteiger partial charge in [0.1, 0.15) is 0 Å².